The van der Waals surface area contributed by atoms with Crippen molar-refractivity contribution in [2.75, 3.05) is 11.5 Å². The summed E-state index contributed by atoms with van der Waals surface area (Å²) in [4.78, 5) is 30.0. The molecule has 1 aliphatic carbocycles. The van der Waals surface area contributed by atoms with Crippen LogP contribution in [0.5, 0.6) is 0 Å². The number of fused-ring (bicyclic) bond motifs is 3. The molecule has 3 aromatic rings. The van der Waals surface area contributed by atoms with Crippen LogP contribution in [0.2, 0.25) is 0 Å². The van der Waals surface area contributed by atoms with E-state index < -0.39 is 12.1 Å². The topological polar surface area (TPSA) is 79.7 Å². The first-order chi connectivity index (χ1) is 14.5. The average molecular weight is 402 g/mol. The molecule has 0 unspecified atom stereocenters. The molecule has 0 spiro atoms. The average Bonchev–Trinajstić information content (AvgIpc) is 3.06. The van der Waals surface area contributed by atoms with Crippen molar-refractivity contribution in [3.63, 3.8) is 0 Å². The Bertz CT molecular complexity index is 1060. The zero-order valence-corrected chi connectivity index (χ0v) is 16.8. The molecule has 0 aliphatic heterocycles. The lowest BCUT2D eigenvalue weighted by molar-refractivity contribution is 0.0697. The lowest BCUT2D eigenvalue weighted by Crippen LogP contribution is -2.39. The number of nitrogens with zero attached hydrogens (tertiary/aromatic N) is 2. The number of amides is 1. The van der Waals surface area contributed by atoms with Crippen LogP contribution in [0.25, 0.3) is 11.1 Å². The van der Waals surface area contributed by atoms with E-state index in [0.29, 0.717) is 0 Å². The van der Waals surface area contributed by atoms with Crippen molar-refractivity contribution in [3.8, 4) is 11.1 Å². The monoisotopic (exact) mass is 402 g/mol. The number of hydrogen-bond donors (Lipinski definition) is 1. The predicted octanol–water partition coefficient (Wildman–Crippen LogP) is 4.94. The second kappa shape index (κ2) is 7.99. The van der Waals surface area contributed by atoms with Gasteiger partial charge in [0, 0.05) is 18.2 Å². The first-order valence-corrected chi connectivity index (χ1v) is 9.81. The zero-order valence-electron chi connectivity index (χ0n) is 16.8. The second-order valence-corrected chi connectivity index (χ2v) is 7.45. The molecule has 0 radical (unpaired) electrons. The largest absolute Gasteiger partial charge is 0.478 e. The minimum Gasteiger partial charge on any atom is -0.478 e. The van der Waals surface area contributed by atoms with Gasteiger partial charge in [-0.3, -0.25) is 4.90 Å². The van der Waals surface area contributed by atoms with E-state index in [1.165, 1.54) is 23.2 Å². The van der Waals surface area contributed by atoms with Gasteiger partial charge in [-0.2, -0.15) is 0 Å². The van der Waals surface area contributed by atoms with Crippen LogP contribution in [0.3, 0.4) is 0 Å². The highest BCUT2D eigenvalue weighted by Gasteiger charge is 2.31. The Kier molecular flexibility index (Phi) is 5.23. The number of hydrogen-bond acceptors (Lipinski definition) is 4. The molecule has 1 aromatic heterocycles. The van der Waals surface area contributed by atoms with Gasteiger partial charge in [-0.1, -0.05) is 48.5 Å². The number of ether oxygens (including phenoxy) is 1. The van der Waals surface area contributed by atoms with Crippen LogP contribution in [0.15, 0.2) is 66.9 Å². The summed E-state index contributed by atoms with van der Waals surface area (Å²) in [5.41, 5.74) is 4.48. The maximum Gasteiger partial charge on any atom is 0.415 e. The van der Waals surface area contributed by atoms with Gasteiger partial charge in [0.05, 0.1) is 0 Å². The Labute approximate surface area is 174 Å². The molecule has 1 N–H and O–H groups in total. The number of carbonyl (C=O) groups excluding carboxylic acids is 1. The van der Waals surface area contributed by atoms with Gasteiger partial charge in [0.2, 0.25) is 0 Å². The second-order valence-electron chi connectivity index (χ2n) is 7.45. The highest BCUT2D eigenvalue weighted by molar-refractivity contribution is 5.98. The first-order valence-electron chi connectivity index (χ1n) is 9.81. The third-order valence-corrected chi connectivity index (χ3v) is 5.29. The fraction of sp³-hybridized carbons (Fsp3) is 0.208. The predicted molar refractivity (Wildman–Crippen MR) is 114 cm³/mol. The molecule has 152 valence electrons. The number of pyridine rings is 1. The lowest BCUT2D eigenvalue weighted by Gasteiger charge is -2.27. The third kappa shape index (κ3) is 3.41. The van der Waals surface area contributed by atoms with Gasteiger partial charge in [0.25, 0.3) is 0 Å². The van der Waals surface area contributed by atoms with Gasteiger partial charge in [-0.15, -0.1) is 0 Å². The number of aromatic nitrogens is 1. The minimum atomic E-state index is -1.14. The molecule has 1 heterocycles. The van der Waals surface area contributed by atoms with E-state index in [9.17, 15) is 14.7 Å². The van der Waals surface area contributed by atoms with Gasteiger partial charge in [-0.05, 0) is 48.2 Å². The first kappa shape index (κ1) is 19.6. The molecule has 4 rings (SSSR count). The Hall–Kier alpha value is -3.67. The van der Waals surface area contributed by atoms with Gasteiger partial charge in [0.15, 0.2) is 5.82 Å². The molecular formula is C24H22N2O4. The van der Waals surface area contributed by atoms with Crippen LogP contribution in [-0.2, 0) is 4.74 Å². The van der Waals surface area contributed by atoms with Crippen LogP contribution < -0.4 is 4.90 Å². The summed E-state index contributed by atoms with van der Waals surface area (Å²) in [6.07, 6.45) is 0.849. The number of rotatable bonds is 5. The van der Waals surface area contributed by atoms with E-state index in [0.717, 1.165) is 22.3 Å². The summed E-state index contributed by atoms with van der Waals surface area (Å²) in [5, 5.41) is 9.48. The normalized spacial score (nSPS) is 12.4. The molecule has 0 bridgehead atoms. The minimum absolute atomic E-state index is 0.0419. The quantitative estimate of drug-likeness (QED) is 0.654. The van der Waals surface area contributed by atoms with E-state index in [2.05, 4.69) is 29.2 Å². The Morgan fingerprint density at radius 1 is 1.00 bits per heavy atom. The summed E-state index contributed by atoms with van der Waals surface area (Å²) in [5.74, 6) is -1.13. The highest BCUT2D eigenvalue weighted by atomic mass is 16.6. The molecule has 0 fully saturated rings. The van der Waals surface area contributed by atoms with Crippen LogP contribution in [0.1, 0.15) is 41.3 Å². The van der Waals surface area contributed by atoms with Crippen molar-refractivity contribution in [3.05, 3.63) is 83.6 Å². The molecule has 2 aromatic carbocycles. The number of carboxylic acid groups (broad SMARTS) is 1. The maximum atomic E-state index is 13.0. The molecular weight excluding hydrogens is 380 g/mol. The number of anilines is 1. The van der Waals surface area contributed by atoms with Crippen LogP contribution in [-0.4, -0.2) is 34.8 Å². The van der Waals surface area contributed by atoms with Crippen molar-refractivity contribution in [2.24, 2.45) is 0 Å². The lowest BCUT2D eigenvalue weighted by atomic mass is 9.98. The van der Waals surface area contributed by atoms with Gasteiger partial charge >= 0.3 is 12.1 Å². The molecule has 0 saturated carbocycles. The summed E-state index contributed by atoms with van der Waals surface area (Å²) in [6.45, 7) is 3.74. The molecule has 1 aliphatic rings. The van der Waals surface area contributed by atoms with Crippen molar-refractivity contribution in [1.82, 2.24) is 4.98 Å². The van der Waals surface area contributed by atoms with Crippen molar-refractivity contribution in [2.45, 2.75) is 25.8 Å². The van der Waals surface area contributed by atoms with Crippen LogP contribution in [0, 0.1) is 0 Å². The fourth-order valence-corrected chi connectivity index (χ4v) is 3.96. The third-order valence-electron chi connectivity index (χ3n) is 5.29. The molecule has 30 heavy (non-hydrogen) atoms. The summed E-state index contributed by atoms with van der Waals surface area (Å²) >= 11 is 0. The standard InChI is InChI=1S/C24H22N2O4/c1-15(2)26(22-20(23(27)28)12-7-13-25-22)24(29)30-14-21-18-10-5-3-8-16(18)17-9-4-6-11-19(17)21/h3-13,15,21H,14H2,1-2H3,(H,27,28). The molecule has 6 nitrogen and oxygen atoms in total. The van der Waals surface area contributed by atoms with Crippen molar-refractivity contribution >= 4 is 17.9 Å². The van der Waals surface area contributed by atoms with Gasteiger partial charge < -0.3 is 9.84 Å². The summed E-state index contributed by atoms with van der Waals surface area (Å²) in [6, 6.07) is 18.8. The molecule has 6 heteroatoms. The van der Waals surface area contributed by atoms with E-state index in [1.54, 1.807) is 13.8 Å². The molecule has 0 atom stereocenters. The SMILES string of the molecule is CC(C)N(C(=O)OCC1c2ccccc2-c2ccccc21)c1ncccc1C(=O)O. The van der Waals surface area contributed by atoms with E-state index in [-0.39, 0.29) is 29.9 Å². The molecule has 0 saturated heterocycles. The Morgan fingerprint density at radius 3 is 2.17 bits per heavy atom. The Morgan fingerprint density at radius 2 is 1.60 bits per heavy atom. The smallest absolute Gasteiger partial charge is 0.415 e. The van der Waals surface area contributed by atoms with E-state index in [4.69, 9.17) is 4.74 Å². The number of carboxylic acids is 1. The van der Waals surface area contributed by atoms with Crippen molar-refractivity contribution < 1.29 is 19.4 Å². The highest BCUT2D eigenvalue weighted by Crippen LogP contribution is 2.44. The maximum absolute atomic E-state index is 13.0. The summed E-state index contributed by atoms with van der Waals surface area (Å²) < 4.78 is 5.71. The fourth-order valence-electron chi connectivity index (χ4n) is 3.96. The summed E-state index contributed by atoms with van der Waals surface area (Å²) in [7, 11) is 0. The number of carbonyl (C=O) groups is 2. The number of aromatic carboxylic acids is 1. The van der Waals surface area contributed by atoms with Gasteiger partial charge in [-0.25, -0.2) is 14.6 Å². The Balaban J connectivity index is 1.61. The van der Waals surface area contributed by atoms with Crippen LogP contribution >= 0.6 is 0 Å². The van der Waals surface area contributed by atoms with Crippen LogP contribution in [0.4, 0.5) is 10.6 Å². The number of benzene rings is 2. The zero-order chi connectivity index (χ0) is 21.3. The van der Waals surface area contributed by atoms with E-state index in [1.807, 2.05) is 24.3 Å². The van der Waals surface area contributed by atoms with E-state index >= 15 is 0 Å². The molecule has 1 amide bonds. The van der Waals surface area contributed by atoms with Crippen molar-refractivity contribution in [1.29, 1.82) is 0 Å². The van der Waals surface area contributed by atoms with Gasteiger partial charge in [0.1, 0.15) is 12.2 Å².